The number of hydrogen-bond acceptors (Lipinski definition) is 4. The molecule has 0 saturated carbocycles. The normalized spacial score (nSPS) is 11.9. The molecule has 0 N–H and O–H groups in total. The third-order valence-corrected chi connectivity index (χ3v) is 5.94. The van der Waals surface area contributed by atoms with Crippen molar-refractivity contribution in [2.45, 2.75) is 4.21 Å². The first-order valence-electron chi connectivity index (χ1n) is 5.34. The van der Waals surface area contributed by atoms with E-state index in [9.17, 15) is 8.42 Å². The van der Waals surface area contributed by atoms with Gasteiger partial charge in [-0.15, -0.1) is 11.3 Å². The number of benzene rings is 1. The predicted molar refractivity (Wildman–Crippen MR) is 81.2 cm³/mol. The van der Waals surface area contributed by atoms with Crippen LogP contribution in [0.15, 0.2) is 49.8 Å². The highest BCUT2D eigenvalue weighted by Gasteiger charge is 2.12. The third kappa shape index (κ3) is 3.68. The molecule has 2 aromatic rings. The van der Waals surface area contributed by atoms with Crippen LogP contribution in [0.3, 0.4) is 0 Å². The van der Waals surface area contributed by atoms with Gasteiger partial charge in [-0.1, -0.05) is 12.1 Å². The van der Waals surface area contributed by atoms with E-state index in [4.69, 9.17) is 4.74 Å². The maximum Gasteiger partial charge on any atom is 0.209 e. The van der Waals surface area contributed by atoms with Crippen LogP contribution in [-0.2, 0) is 9.84 Å². The molecule has 2 rings (SSSR count). The van der Waals surface area contributed by atoms with Gasteiger partial charge >= 0.3 is 0 Å². The van der Waals surface area contributed by atoms with Crippen molar-refractivity contribution < 1.29 is 13.2 Å². The van der Waals surface area contributed by atoms with Crippen LogP contribution >= 0.6 is 27.3 Å². The Hall–Kier alpha value is -1.11. The smallest absolute Gasteiger partial charge is 0.209 e. The Morgan fingerprint density at radius 3 is 2.37 bits per heavy atom. The largest absolute Gasteiger partial charge is 0.497 e. The lowest BCUT2D eigenvalue weighted by Gasteiger charge is -1.99. The van der Waals surface area contributed by atoms with Crippen LogP contribution in [0, 0.1) is 0 Å². The first-order valence-corrected chi connectivity index (χ1v) is 8.49. The molecule has 1 aromatic heterocycles. The first kappa shape index (κ1) is 14.3. The van der Waals surface area contributed by atoms with E-state index in [1.807, 2.05) is 0 Å². The molecular weight excluding hydrogens is 348 g/mol. The van der Waals surface area contributed by atoms with Crippen LogP contribution in [0.2, 0.25) is 0 Å². The van der Waals surface area contributed by atoms with Crippen molar-refractivity contribution in [3.05, 3.63) is 51.2 Å². The number of hydrogen-bond donors (Lipinski definition) is 0. The van der Waals surface area contributed by atoms with Crippen molar-refractivity contribution in [1.82, 2.24) is 0 Å². The van der Waals surface area contributed by atoms with E-state index in [0.717, 1.165) is 15.1 Å². The van der Waals surface area contributed by atoms with E-state index in [2.05, 4.69) is 15.9 Å². The van der Waals surface area contributed by atoms with Gasteiger partial charge in [-0.05, 0) is 51.8 Å². The zero-order valence-electron chi connectivity index (χ0n) is 10.0. The molecule has 0 radical (unpaired) electrons. The number of methoxy groups -OCH3 is 1. The Labute approximate surface area is 124 Å². The molecule has 19 heavy (non-hydrogen) atoms. The fourth-order valence-electron chi connectivity index (χ4n) is 1.40. The summed E-state index contributed by atoms with van der Waals surface area (Å²) in [5.41, 5.74) is 0.806. The summed E-state index contributed by atoms with van der Waals surface area (Å²) in [5, 5.41) is 1.22. The zero-order valence-corrected chi connectivity index (χ0v) is 13.3. The second kappa shape index (κ2) is 5.90. The van der Waals surface area contributed by atoms with E-state index in [0.29, 0.717) is 4.21 Å². The third-order valence-electron chi connectivity index (χ3n) is 2.38. The summed E-state index contributed by atoms with van der Waals surface area (Å²) in [6.07, 6.45) is 1.57. The van der Waals surface area contributed by atoms with Gasteiger partial charge in [0.25, 0.3) is 0 Å². The van der Waals surface area contributed by atoms with Gasteiger partial charge in [0.05, 0.1) is 10.9 Å². The Bertz CT molecular complexity index is 685. The van der Waals surface area contributed by atoms with Gasteiger partial charge in [0.1, 0.15) is 9.96 Å². The lowest BCUT2D eigenvalue weighted by Crippen LogP contribution is -1.91. The Balaban J connectivity index is 2.21. The van der Waals surface area contributed by atoms with E-state index in [1.54, 1.807) is 49.6 Å². The lowest BCUT2D eigenvalue weighted by atomic mass is 10.2. The molecule has 1 heterocycles. The van der Waals surface area contributed by atoms with Crippen molar-refractivity contribution in [2.24, 2.45) is 0 Å². The molecule has 0 atom stereocenters. The molecule has 0 bridgehead atoms. The SMILES string of the molecule is COc1ccc(/C=C/S(=O)(=O)c2ccc(Br)s2)cc1. The second-order valence-corrected chi connectivity index (χ2v) is 8.20. The number of thiophene rings is 1. The number of rotatable bonds is 4. The predicted octanol–water partition coefficient (Wildman–Crippen LogP) is 3.96. The fourth-order valence-corrected chi connectivity index (χ4v) is 4.47. The van der Waals surface area contributed by atoms with E-state index < -0.39 is 9.84 Å². The molecule has 0 aliphatic rings. The summed E-state index contributed by atoms with van der Waals surface area (Å²) in [6.45, 7) is 0. The van der Waals surface area contributed by atoms with Crippen LogP contribution in [0.25, 0.3) is 6.08 Å². The van der Waals surface area contributed by atoms with E-state index in [1.165, 1.54) is 16.7 Å². The van der Waals surface area contributed by atoms with Crippen LogP contribution in [0.4, 0.5) is 0 Å². The van der Waals surface area contributed by atoms with Crippen LogP contribution < -0.4 is 4.74 Å². The highest BCUT2D eigenvalue weighted by molar-refractivity contribution is 9.11. The standard InChI is InChI=1S/C13H11BrO3S2/c1-17-11-4-2-10(3-5-11)8-9-19(15,16)13-7-6-12(14)18-13/h2-9H,1H3/b9-8+. The van der Waals surface area contributed by atoms with Gasteiger partial charge in [-0.2, -0.15) is 0 Å². The van der Waals surface area contributed by atoms with Crippen molar-refractivity contribution in [3.63, 3.8) is 0 Å². The molecule has 0 spiro atoms. The number of halogens is 1. The number of sulfone groups is 1. The highest BCUT2D eigenvalue weighted by atomic mass is 79.9. The van der Waals surface area contributed by atoms with Gasteiger partial charge in [0.2, 0.25) is 9.84 Å². The van der Waals surface area contributed by atoms with Crippen molar-refractivity contribution in [2.75, 3.05) is 7.11 Å². The zero-order chi connectivity index (χ0) is 13.9. The Morgan fingerprint density at radius 2 is 1.84 bits per heavy atom. The molecular formula is C13H11BrO3S2. The van der Waals surface area contributed by atoms with Gasteiger partial charge in [-0.25, -0.2) is 8.42 Å². The fraction of sp³-hybridized carbons (Fsp3) is 0.0769. The molecule has 3 nitrogen and oxygen atoms in total. The molecule has 0 saturated heterocycles. The summed E-state index contributed by atoms with van der Waals surface area (Å²) >= 11 is 4.45. The molecule has 100 valence electrons. The molecule has 1 aromatic carbocycles. The van der Waals surface area contributed by atoms with Crippen LogP contribution in [-0.4, -0.2) is 15.5 Å². The molecule has 6 heteroatoms. The second-order valence-electron chi connectivity index (χ2n) is 3.68. The van der Waals surface area contributed by atoms with Crippen molar-refractivity contribution in [3.8, 4) is 5.75 Å². The first-order chi connectivity index (χ1) is 9.01. The molecule has 0 amide bonds. The van der Waals surface area contributed by atoms with Gasteiger partial charge in [0, 0.05) is 5.41 Å². The minimum Gasteiger partial charge on any atom is -0.497 e. The Morgan fingerprint density at radius 1 is 1.16 bits per heavy atom. The molecule has 0 aliphatic carbocycles. The van der Waals surface area contributed by atoms with Gasteiger partial charge in [-0.3, -0.25) is 0 Å². The summed E-state index contributed by atoms with van der Waals surface area (Å²) in [5.74, 6) is 0.738. The summed E-state index contributed by atoms with van der Waals surface area (Å²) in [7, 11) is -1.79. The summed E-state index contributed by atoms with van der Waals surface area (Å²) in [4.78, 5) is 0. The average molecular weight is 359 g/mol. The maximum atomic E-state index is 12.0. The monoisotopic (exact) mass is 358 g/mol. The molecule has 0 fully saturated rings. The molecule has 0 aliphatic heterocycles. The number of ether oxygens (including phenoxy) is 1. The Kier molecular flexibility index (Phi) is 4.44. The summed E-state index contributed by atoms with van der Waals surface area (Å²) in [6, 6.07) is 10.5. The molecule has 0 unspecified atom stereocenters. The van der Waals surface area contributed by atoms with Gasteiger partial charge in [0.15, 0.2) is 0 Å². The average Bonchev–Trinajstić information content (AvgIpc) is 2.85. The van der Waals surface area contributed by atoms with Gasteiger partial charge < -0.3 is 4.74 Å². The lowest BCUT2D eigenvalue weighted by molar-refractivity contribution is 0.415. The quantitative estimate of drug-likeness (QED) is 0.830. The van der Waals surface area contributed by atoms with E-state index >= 15 is 0 Å². The minimum absolute atomic E-state index is 0.323. The maximum absolute atomic E-state index is 12.0. The van der Waals surface area contributed by atoms with E-state index in [-0.39, 0.29) is 0 Å². The highest BCUT2D eigenvalue weighted by Crippen LogP contribution is 2.27. The minimum atomic E-state index is -3.38. The van der Waals surface area contributed by atoms with Crippen LogP contribution in [0.5, 0.6) is 5.75 Å². The van der Waals surface area contributed by atoms with Crippen molar-refractivity contribution in [1.29, 1.82) is 0 Å². The van der Waals surface area contributed by atoms with Crippen molar-refractivity contribution >= 4 is 43.2 Å². The van der Waals surface area contributed by atoms with Crippen LogP contribution in [0.1, 0.15) is 5.56 Å². The summed E-state index contributed by atoms with van der Waals surface area (Å²) < 4.78 is 30.2. The topological polar surface area (TPSA) is 43.4 Å².